The number of para-hydroxylation sites is 1. The van der Waals surface area contributed by atoms with Crippen molar-refractivity contribution in [3.8, 4) is 0 Å². The molecule has 1 aliphatic rings. The van der Waals surface area contributed by atoms with Crippen LogP contribution in [0.25, 0.3) is 0 Å². The van der Waals surface area contributed by atoms with Gasteiger partial charge in [-0.2, -0.15) is 0 Å². The number of hydrogen-bond donors (Lipinski definition) is 1. The molecule has 0 saturated carbocycles. The van der Waals surface area contributed by atoms with Crippen LogP contribution in [0.1, 0.15) is 23.6 Å². The minimum atomic E-state index is 0.684. The summed E-state index contributed by atoms with van der Waals surface area (Å²) in [6, 6.07) is 15.6. The summed E-state index contributed by atoms with van der Waals surface area (Å²) < 4.78 is 0. The van der Waals surface area contributed by atoms with Gasteiger partial charge >= 0.3 is 0 Å². The van der Waals surface area contributed by atoms with E-state index in [1.807, 2.05) is 7.05 Å². The number of fused-ring (bicyclic) bond motifs is 1. The lowest BCUT2D eigenvalue weighted by atomic mass is 9.92. The molecule has 110 valence electrons. The first-order chi connectivity index (χ1) is 10.2. The summed E-state index contributed by atoms with van der Waals surface area (Å²) in [4.78, 5) is 2.50. The first-order valence-corrected chi connectivity index (χ1v) is 7.78. The fourth-order valence-electron chi connectivity index (χ4n) is 3.33. The van der Waals surface area contributed by atoms with Gasteiger partial charge in [0.05, 0.1) is 0 Å². The second-order valence-electron chi connectivity index (χ2n) is 6.21. The first kappa shape index (κ1) is 14.2. The molecule has 0 radical (unpaired) electrons. The Morgan fingerprint density at radius 2 is 1.95 bits per heavy atom. The van der Waals surface area contributed by atoms with Crippen LogP contribution in [0.2, 0.25) is 0 Å². The molecule has 0 bridgehead atoms. The second-order valence-corrected chi connectivity index (χ2v) is 6.21. The van der Waals surface area contributed by atoms with Gasteiger partial charge in [0.25, 0.3) is 0 Å². The Labute approximate surface area is 127 Å². The van der Waals surface area contributed by atoms with Gasteiger partial charge < -0.3 is 10.2 Å². The molecule has 2 heteroatoms. The van der Waals surface area contributed by atoms with Crippen molar-refractivity contribution in [1.29, 1.82) is 0 Å². The zero-order chi connectivity index (χ0) is 14.8. The van der Waals surface area contributed by atoms with Gasteiger partial charge in [0.2, 0.25) is 0 Å². The van der Waals surface area contributed by atoms with E-state index in [0.717, 1.165) is 13.1 Å². The molecule has 0 saturated heterocycles. The van der Waals surface area contributed by atoms with E-state index in [-0.39, 0.29) is 0 Å². The summed E-state index contributed by atoms with van der Waals surface area (Å²) in [5, 5.41) is 3.30. The molecule has 21 heavy (non-hydrogen) atoms. The van der Waals surface area contributed by atoms with Crippen molar-refractivity contribution in [2.75, 3.05) is 18.5 Å². The van der Waals surface area contributed by atoms with Gasteiger partial charge in [-0.15, -0.1) is 0 Å². The molecular formula is C19H24N2. The number of rotatable bonds is 3. The van der Waals surface area contributed by atoms with Crippen LogP contribution in [0.4, 0.5) is 11.4 Å². The lowest BCUT2D eigenvalue weighted by molar-refractivity contribution is 0.561. The first-order valence-electron chi connectivity index (χ1n) is 7.78. The number of anilines is 2. The van der Waals surface area contributed by atoms with Crippen LogP contribution >= 0.6 is 0 Å². The van der Waals surface area contributed by atoms with Crippen molar-refractivity contribution in [2.24, 2.45) is 5.92 Å². The summed E-state index contributed by atoms with van der Waals surface area (Å²) >= 11 is 0. The molecule has 0 aromatic heterocycles. The van der Waals surface area contributed by atoms with Gasteiger partial charge in [-0.05, 0) is 49.6 Å². The maximum Gasteiger partial charge on any atom is 0.0456 e. The van der Waals surface area contributed by atoms with Crippen LogP contribution in [-0.4, -0.2) is 13.6 Å². The molecule has 1 aliphatic heterocycles. The van der Waals surface area contributed by atoms with Gasteiger partial charge in [-0.1, -0.05) is 42.8 Å². The maximum atomic E-state index is 3.30. The molecule has 0 aliphatic carbocycles. The van der Waals surface area contributed by atoms with E-state index in [9.17, 15) is 0 Å². The molecule has 1 heterocycles. The topological polar surface area (TPSA) is 15.3 Å². The number of aryl methyl sites for hydroxylation is 1. The molecule has 2 nitrogen and oxygen atoms in total. The van der Waals surface area contributed by atoms with Crippen molar-refractivity contribution in [3.63, 3.8) is 0 Å². The fourth-order valence-corrected chi connectivity index (χ4v) is 3.33. The summed E-state index contributed by atoms with van der Waals surface area (Å²) in [6.07, 6.45) is 1.18. The van der Waals surface area contributed by atoms with E-state index in [0.29, 0.717) is 5.92 Å². The molecule has 0 spiro atoms. The van der Waals surface area contributed by atoms with Crippen molar-refractivity contribution in [2.45, 2.75) is 26.8 Å². The van der Waals surface area contributed by atoms with E-state index in [1.54, 1.807) is 0 Å². The lowest BCUT2D eigenvalue weighted by Gasteiger charge is -2.36. The van der Waals surface area contributed by atoms with Gasteiger partial charge in [0, 0.05) is 24.5 Å². The van der Waals surface area contributed by atoms with E-state index >= 15 is 0 Å². The van der Waals surface area contributed by atoms with Crippen molar-refractivity contribution in [1.82, 2.24) is 5.32 Å². The Morgan fingerprint density at radius 1 is 1.14 bits per heavy atom. The van der Waals surface area contributed by atoms with E-state index in [2.05, 4.69) is 66.5 Å². The Balaban J connectivity index is 2.08. The third-order valence-electron chi connectivity index (χ3n) is 4.24. The normalized spacial score (nSPS) is 17.7. The van der Waals surface area contributed by atoms with Crippen LogP contribution in [0.15, 0.2) is 42.5 Å². The number of benzene rings is 2. The van der Waals surface area contributed by atoms with Gasteiger partial charge in [-0.25, -0.2) is 0 Å². The molecule has 2 aromatic rings. The molecule has 1 unspecified atom stereocenters. The number of nitrogens with one attached hydrogen (secondary N) is 1. The largest absolute Gasteiger partial charge is 0.341 e. The lowest BCUT2D eigenvalue weighted by Crippen LogP contribution is -2.31. The highest BCUT2D eigenvalue weighted by atomic mass is 15.1. The average molecular weight is 280 g/mol. The van der Waals surface area contributed by atoms with E-state index in [1.165, 1.54) is 34.5 Å². The Hall–Kier alpha value is -1.80. The predicted octanol–water partition coefficient (Wildman–Crippen LogP) is 4.04. The molecule has 1 atom stereocenters. The zero-order valence-electron chi connectivity index (χ0n) is 13.2. The predicted molar refractivity (Wildman–Crippen MR) is 90.3 cm³/mol. The second kappa shape index (κ2) is 5.90. The minimum Gasteiger partial charge on any atom is -0.341 e. The third-order valence-corrected chi connectivity index (χ3v) is 4.24. The van der Waals surface area contributed by atoms with Gasteiger partial charge in [-0.3, -0.25) is 0 Å². The van der Waals surface area contributed by atoms with E-state index < -0.39 is 0 Å². The van der Waals surface area contributed by atoms with E-state index in [4.69, 9.17) is 0 Å². The quantitative estimate of drug-likeness (QED) is 0.912. The van der Waals surface area contributed by atoms with Gasteiger partial charge in [0.15, 0.2) is 0 Å². The summed E-state index contributed by atoms with van der Waals surface area (Å²) in [5.41, 5.74) is 6.88. The van der Waals surface area contributed by atoms with Crippen LogP contribution in [0.5, 0.6) is 0 Å². The smallest absolute Gasteiger partial charge is 0.0456 e. The molecule has 2 aromatic carbocycles. The van der Waals surface area contributed by atoms with Crippen molar-refractivity contribution >= 4 is 11.4 Å². The van der Waals surface area contributed by atoms with Crippen LogP contribution in [0.3, 0.4) is 0 Å². The Morgan fingerprint density at radius 3 is 2.76 bits per heavy atom. The Kier molecular flexibility index (Phi) is 3.98. The fraction of sp³-hybridized carbons (Fsp3) is 0.368. The molecule has 3 rings (SSSR count). The number of hydrogen-bond acceptors (Lipinski definition) is 2. The van der Waals surface area contributed by atoms with Crippen LogP contribution < -0.4 is 10.2 Å². The monoisotopic (exact) mass is 280 g/mol. The average Bonchev–Trinajstić information content (AvgIpc) is 2.47. The SMILES string of the molecule is CNCc1cc(C)ccc1N1CC(C)Cc2ccccc21. The third kappa shape index (κ3) is 2.81. The highest BCUT2D eigenvalue weighted by molar-refractivity contribution is 5.70. The zero-order valence-corrected chi connectivity index (χ0v) is 13.2. The standard InChI is InChI=1S/C19H24N2/c1-14-8-9-19(17(10-14)12-20-3)21-13-15(2)11-16-6-4-5-7-18(16)21/h4-10,15,20H,11-13H2,1-3H3. The molecule has 0 fully saturated rings. The highest BCUT2D eigenvalue weighted by Crippen LogP contribution is 2.37. The summed E-state index contributed by atoms with van der Waals surface area (Å²) in [7, 11) is 2.01. The highest BCUT2D eigenvalue weighted by Gasteiger charge is 2.23. The molecular weight excluding hydrogens is 256 g/mol. The maximum absolute atomic E-state index is 3.30. The van der Waals surface area contributed by atoms with Crippen LogP contribution in [0, 0.1) is 12.8 Å². The molecule has 1 N–H and O–H groups in total. The summed E-state index contributed by atoms with van der Waals surface area (Å²) in [6.45, 7) is 6.51. The van der Waals surface area contributed by atoms with Crippen LogP contribution in [-0.2, 0) is 13.0 Å². The number of nitrogens with zero attached hydrogens (tertiary/aromatic N) is 1. The van der Waals surface area contributed by atoms with Crippen molar-refractivity contribution in [3.05, 3.63) is 59.2 Å². The summed E-state index contributed by atoms with van der Waals surface area (Å²) in [5.74, 6) is 0.684. The Bertz CT molecular complexity index is 633. The molecule has 0 amide bonds. The van der Waals surface area contributed by atoms with Crippen molar-refractivity contribution < 1.29 is 0 Å². The van der Waals surface area contributed by atoms with Gasteiger partial charge in [0.1, 0.15) is 0 Å². The minimum absolute atomic E-state index is 0.684.